The summed E-state index contributed by atoms with van der Waals surface area (Å²) < 4.78 is 13.2. The van der Waals surface area contributed by atoms with Crippen LogP contribution >= 0.6 is 11.8 Å². The van der Waals surface area contributed by atoms with Crippen LogP contribution in [-0.2, 0) is 0 Å². The van der Waals surface area contributed by atoms with Crippen molar-refractivity contribution in [2.75, 3.05) is 43.0 Å². The minimum Gasteiger partial charge on any atom is -0.383 e. The van der Waals surface area contributed by atoms with Gasteiger partial charge in [0.25, 0.3) is 5.69 Å². The molecule has 1 aliphatic rings. The highest BCUT2D eigenvalue weighted by Gasteiger charge is 2.11. The van der Waals surface area contributed by atoms with Crippen molar-refractivity contribution >= 4 is 23.1 Å². The number of nitrogens with one attached hydrogen (secondary N) is 1. The molecular weight excluding hydrogens is 269 g/mol. The first-order valence-electron chi connectivity index (χ1n) is 6.14. The molecule has 1 saturated heterocycles. The van der Waals surface area contributed by atoms with Crippen molar-refractivity contribution in [3.05, 3.63) is 34.1 Å². The summed E-state index contributed by atoms with van der Waals surface area (Å²) in [4.78, 5) is 12.4. The summed E-state index contributed by atoms with van der Waals surface area (Å²) in [6.07, 6.45) is 0. The normalized spacial score (nSPS) is 16.3. The molecule has 104 valence electrons. The summed E-state index contributed by atoms with van der Waals surface area (Å²) in [5, 5.41) is 13.7. The van der Waals surface area contributed by atoms with Crippen LogP contribution in [0.4, 0.5) is 15.8 Å². The Hall–Kier alpha value is -1.34. The van der Waals surface area contributed by atoms with Crippen LogP contribution in [0.25, 0.3) is 0 Å². The zero-order valence-electron chi connectivity index (χ0n) is 10.5. The van der Waals surface area contributed by atoms with E-state index in [0.717, 1.165) is 37.2 Å². The maximum atomic E-state index is 13.2. The lowest BCUT2D eigenvalue weighted by Gasteiger charge is -2.26. The lowest BCUT2D eigenvalue weighted by molar-refractivity contribution is -0.385. The Bertz CT molecular complexity index is 453. The highest BCUT2D eigenvalue weighted by atomic mass is 32.2. The molecule has 1 heterocycles. The molecule has 0 amide bonds. The van der Waals surface area contributed by atoms with Crippen molar-refractivity contribution in [3.63, 3.8) is 0 Å². The quantitative estimate of drug-likeness (QED) is 0.664. The van der Waals surface area contributed by atoms with Gasteiger partial charge in [-0.25, -0.2) is 4.39 Å². The summed E-state index contributed by atoms with van der Waals surface area (Å²) in [5.74, 6) is 1.70. The Morgan fingerprint density at radius 2 is 2.11 bits per heavy atom. The van der Waals surface area contributed by atoms with Gasteiger partial charge in [0.05, 0.1) is 11.0 Å². The van der Waals surface area contributed by atoms with Crippen LogP contribution in [0.5, 0.6) is 0 Å². The minimum atomic E-state index is -0.592. The Morgan fingerprint density at radius 1 is 1.37 bits per heavy atom. The first-order valence-corrected chi connectivity index (χ1v) is 7.29. The number of halogens is 1. The molecule has 0 spiro atoms. The van der Waals surface area contributed by atoms with Gasteiger partial charge in [-0.3, -0.25) is 15.0 Å². The fourth-order valence-corrected chi connectivity index (χ4v) is 2.94. The molecule has 1 fully saturated rings. The Labute approximate surface area is 115 Å². The fraction of sp³-hybridized carbons (Fsp3) is 0.500. The van der Waals surface area contributed by atoms with Crippen LogP contribution in [0.15, 0.2) is 18.2 Å². The molecule has 0 unspecified atom stereocenters. The third-order valence-corrected chi connectivity index (χ3v) is 3.90. The minimum absolute atomic E-state index is 0.225. The molecule has 1 aliphatic heterocycles. The average Bonchev–Trinajstić information content (AvgIpc) is 2.39. The van der Waals surface area contributed by atoms with Gasteiger partial charge in [0, 0.05) is 49.4 Å². The molecule has 0 radical (unpaired) electrons. The van der Waals surface area contributed by atoms with Gasteiger partial charge in [-0.2, -0.15) is 11.8 Å². The second kappa shape index (κ2) is 6.72. The number of hydrogen-bond acceptors (Lipinski definition) is 5. The van der Waals surface area contributed by atoms with Crippen molar-refractivity contribution in [2.45, 2.75) is 0 Å². The van der Waals surface area contributed by atoms with E-state index >= 15 is 0 Å². The van der Waals surface area contributed by atoms with E-state index in [-0.39, 0.29) is 5.69 Å². The van der Waals surface area contributed by atoms with E-state index in [1.807, 2.05) is 11.8 Å². The monoisotopic (exact) mass is 285 g/mol. The van der Waals surface area contributed by atoms with Crippen molar-refractivity contribution in [3.8, 4) is 0 Å². The highest BCUT2D eigenvalue weighted by Crippen LogP contribution is 2.19. The molecule has 0 bridgehead atoms. The van der Waals surface area contributed by atoms with Crippen LogP contribution in [0.2, 0.25) is 0 Å². The van der Waals surface area contributed by atoms with E-state index in [2.05, 4.69) is 10.2 Å². The predicted molar refractivity (Wildman–Crippen MR) is 75.3 cm³/mol. The zero-order chi connectivity index (χ0) is 13.7. The van der Waals surface area contributed by atoms with E-state index in [9.17, 15) is 14.5 Å². The topological polar surface area (TPSA) is 58.4 Å². The van der Waals surface area contributed by atoms with Gasteiger partial charge in [0.2, 0.25) is 0 Å². The zero-order valence-corrected chi connectivity index (χ0v) is 11.3. The second-order valence-electron chi connectivity index (χ2n) is 4.34. The van der Waals surface area contributed by atoms with Crippen molar-refractivity contribution in [1.82, 2.24) is 4.90 Å². The van der Waals surface area contributed by atoms with Gasteiger partial charge < -0.3 is 5.32 Å². The summed E-state index contributed by atoms with van der Waals surface area (Å²) in [6, 6.07) is 3.56. The molecule has 0 atom stereocenters. The summed E-state index contributed by atoms with van der Waals surface area (Å²) in [6.45, 7) is 3.65. The van der Waals surface area contributed by atoms with E-state index < -0.39 is 10.7 Å². The summed E-state index contributed by atoms with van der Waals surface area (Å²) in [5.41, 5.74) is 0.231. The number of thioether (sulfide) groups is 1. The Balaban J connectivity index is 1.86. The van der Waals surface area contributed by atoms with Crippen molar-refractivity contribution < 1.29 is 9.31 Å². The molecule has 0 aliphatic carbocycles. The standard InChI is InChI=1S/C12H16FN3O2S/c13-10-7-11(9-12(8-10)16(17)18)14-1-2-15-3-5-19-6-4-15/h7-9,14H,1-6H2. The number of benzene rings is 1. The molecule has 0 saturated carbocycles. The van der Waals surface area contributed by atoms with Crippen LogP contribution < -0.4 is 5.32 Å². The van der Waals surface area contributed by atoms with E-state index in [0.29, 0.717) is 12.2 Å². The maximum Gasteiger partial charge on any atom is 0.274 e. The van der Waals surface area contributed by atoms with Crippen molar-refractivity contribution in [2.24, 2.45) is 0 Å². The number of anilines is 1. The van der Waals surface area contributed by atoms with Crippen molar-refractivity contribution in [1.29, 1.82) is 0 Å². The Kier molecular flexibility index (Phi) is 4.98. The second-order valence-corrected chi connectivity index (χ2v) is 5.56. The number of nitrogens with zero attached hydrogens (tertiary/aromatic N) is 2. The smallest absolute Gasteiger partial charge is 0.274 e. The first kappa shape index (κ1) is 14.1. The van der Waals surface area contributed by atoms with E-state index in [4.69, 9.17) is 0 Å². The lowest BCUT2D eigenvalue weighted by Crippen LogP contribution is -2.36. The number of hydrogen-bond donors (Lipinski definition) is 1. The molecule has 2 rings (SSSR count). The first-order chi connectivity index (χ1) is 9.15. The lowest BCUT2D eigenvalue weighted by atomic mass is 10.2. The van der Waals surface area contributed by atoms with Crippen LogP contribution in [0, 0.1) is 15.9 Å². The summed E-state index contributed by atoms with van der Waals surface area (Å²) >= 11 is 1.95. The molecule has 7 heteroatoms. The van der Waals surface area contributed by atoms with Gasteiger partial charge in [0.15, 0.2) is 0 Å². The fourth-order valence-electron chi connectivity index (χ4n) is 1.96. The van der Waals surface area contributed by atoms with E-state index in [1.165, 1.54) is 12.1 Å². The van der Waals surface area contributed by atoms with Crippen LogP contribution in [0.3, 0.4) is 0 Å². The molecule has 1 N–H and O–H groups in total. The van der Waals surface area contributed by atoms with Gasteiger partial charge in [-0.05, 0) is 6.07 Å². The average molecular weight is 285 g/mol. The predicted octanol–water partition coefficient (Wildman–Crippen LogP) is 2.19. The van der Waals surface area contributed by atoms with Crippen LogP contribution in [0.1, 0.15) is 0 Å². The molecular formula is C12H16FN3O2S. The number of nitro benzene ring substituents is 1. The molecule has 0 aromatic heterocycles. The number of nitro groups is 1. The molecule has 5 nitrogen and oxygen atoms in total. The Morgan fingerprint density at radius 3 is 2.79 bits per heavy atom. The van der Waals surface area contributed by atoms with Gasteiger partial charge in [0.1, 0.15) is 5.82 Å². The largest absolute Gasteiger partial charge is 0.383 e. The number of non-ortho nitro benzene ring substituents is 1. The van der Waals surface area contributed by atoms with E-state index in [1.54, 1.807) is 0 Å². The number of rotatable bonds is 5. The van der Waals surface area contributed by atoms with Gasteiger partial charge in [-0.15, -0.1) is 0 Å². The third kappa shape index (κ3) is 4.36. The highest BCUT2D eigenvalue weighted by molar-refractivity contribution is 7.99. The molecule has 1 aromatic carbocycles. The molecule has 19 heavy (non-hydrogen) atoms. The van der Waals surface area contributed by atoms with Gasteiger partial charge >= 0.3 is 0 Å². The van der Waals surface area contributed by atoms with Gasteiger partial charge in [-0.1, -0.05) is 0 Å². The maximum absolute atomic E-state index is 13.2. The van der Waals surface area contributed by atoms with Crippen LogP contribution in [-0.4, -0.2) is 47.5 Å². The summed E-state index contributed by atoms with van der Waals surface area (Å²) in [7, 11) is 0. The molecule has 1 aromatic rings. The SMILES string of the molecule is O=[N+]([O-])c1cc(F)cc(NCCN2CCSCC2)c1. The third-order valence-electron chi connectivity index (χ3n) is 2.95.